The highest BCUT2D eigenvalue weighted by molar-refractivity contribution is 7.90. The van der Waals surface area contributed by atoms with Crippen molar-refractivity contribution in [1.82, 2.24) is 0 Å². The quantitative estimate of drug-likeness (QED) is 0.727. The lowest BCUT2D eigenvalue weighted by molar-refractivity contribution is 0.417. The van der Waals surface area contributed by atoms with Gasteiger partial charge in [-0.1, -0.05) is 6.07 Å². The lowest BCUT2D eigenvalue weighted by Crippen LogP contribution is -2.20. The molecule has 1 atom stereocenters. The zero-order chi connectivity index (χ0) is 11.6. The molecule has 0 heterocycles. The van der Waals surface area contributed by atoms with Crippen molar-refractivity contribution >= 4 is 15.5 Å². The molecule has 1 rings (SSSR count). The highest BCUT2D eigenvalue weighted by Crippen LogP contribution is 2.26. The normalized spacial score (nSPS) is 13.5. The first-order valence-electron chi connectivity index (χ1n) is 4.24. The second-order valence-electron chi connectivity index (χ2n) is 3.25. The third-order valence-electron chi connectivity index (χ3n) is 2.04. The number of nitrogens with two attached hydrogens (primary N) is 2. The van der Waals surface area contributed by atoms with Crippen LogP contribution in [0.1, 0.15) is 10.9 Å². The summed E-state index contributed by atoms with van der Waals surface area (Å²) in [5.74, 6) is 0.499. The van der Waals surface area contributed by atoms with Gasteiger partial charge in [0.15, 0.2) is 9.84 Å². The fourth-order valence-corrected chi connectivity index (χ4v) is 1.82. The van der Waals surface area contributed by atoms with E-state index in [4.69, 9.17) is 16.2 Å². The third kappa shape index (κ3) is 2.60. The zero-order valence-corrected chi connectivity index (χ0v) is 9.41. The molecule has 0 aliphatic heterocycles. The molecule has 4 N–H and O–H groups in total. The smallest absolute Gasteiger partial charge is 0.167 e. The van der Waals surface area contributed by atoms with Crippen LogP contribution >= 0.6 is 0 Å². The molecule has 5 nitrogen and oxygen atoms in total. The molecular formula is C9H14N2O3S. The number of rotatable bonds is 3. The van der Waals surface area contributed by atoms with Crippen LogP contribution in [0.3, 0.4) is 0 Å². The van der Waals surface area contributed by atoms with Crippen molar-refractivity contribution < 1.29 is 13.2 Å². The van der Waals surface area contributed by atoms with Crippen molar-refractivity contribution in [2.75, 3.05) is 19.1 Å². The lowest BCUT2D eigenvalue weighted by atomic mass is 10.2. The van der Waals surface area contributed by atoms with Crippen LogP contribution in [-0.4, -0.2) is 21.8 Å². The van der Waals surface area contributed by atoms with Crippen LogP contribution in [0.4, 0.5) is 5.69 Å². The zero-order valence-electron chi connectivity index (χ0n) is 8.60. The minimum Gasteiger partial charge on any atom is -0.495 e. The molecular weight excluding hydrogens is 216 g/mol. The Hall–Kier alpha value is -1.27. The number of anilines is 1. The molecule has 15 heavy (non-hydrogen) atoms. The Morgan fingerprint density at radius 1 is 1.40 bits per heavy atom. The van der Waals surface area contributed by atoms with Gasteiger partial charge < -0.3 is 16.2 Å². The topological polar surface area (TPSA) is 95.4 Å². The molecule has 0 amide bonds. The van der Waals surface area contributed by atoms with Crippen molar-refractivity contribution in [1.29, 1.82) is 0 Å². The van der Waals surface area contributed by atoms with Gasteiger partial charge in [0, 0.05) is 6.26 Å². The summed E-state index contributed by atoms with van der Waals surface area (Å²) in [6.45, 7) is 0. The van der Waals surface area contributed by atoms with Gasteiger partial charge in [-0.15, -0.1) is 0 Å². The molecule has 0 aliphatic carbocycles. The molecule has 0 fully saturated rings. The molecule has 1 aromatic carbocycles. The summed E-state index contributed by atoms with van der Waals surface area (Å²) >= 11 is 0. The maximum Gasteiger partial charge on any atom is 0.167 e. The fourth-order valence-electron chi connectivity index (χ4n) is 1.18. The van der Waals surface area contributed by atoms with E-state index in [1.54, 1.807) is 12.1 Å². The SMILES string of the molecule is COc1ccc(C(N)S(C)(=O)=O)cc1N. The standard InChI is InChI=1S/C9H14N2O3S/c1-14-8-4-3-6(5-7(8)10)9(11)15(2,12)13/h3-5,9H,10-11H2,1-2H3. The first-order chi connectivity index (χ1) is 6.86. The molecule has 0 saturated carbocycles. The first-order valence-corrected chi connectivity index (χ1v) is 6.19. The van der Waals surface area contributed by atoms with Gasteiger partial charge in [0.05, 0.1) is 12.8 Å². The number of nitrogen functional groups attached to an aromatic ring is 1. The molecule has 0 aromatic heterocycles. The predicted octanol–water partition coefficient (Wildman–Crippen LogP) is 0.279. The molecule has 1 aromatic rings. The summed E-state index contributed by atoms with van der Waals surface area (Å²) in [4.78, 5) is 0. The van der Waals surface area contributed by atoms with E-state index in [0.717, 1.165) is 6.26 Å². The summed E-state index contributed by atoms with van der Waals surface area (Å²) in [6.07, 6.45) is 1.08. The number of ether oxygens (including phenoxy) is 1. The van der Waals surface area contributed by atoms with Gasteiger partial charge in [-0.25, -0.2) is 8.42 Å². The summed E-state index contributed by atoms with van der Waals surface area (Å²) in [6, 6.07) is 4.68. The number of benzene rings is 1. The lowest BCUT2D eigenvalue weighted by Gasteiger charge is -2.12. The summed E-state index contributed by atoms with van der Waals surface area (Å²) < 4.78 is 27.4. The fraction of sp³-hybridized carbons (Fsp3) is 0.333. The maximum absolute atomic E-state index is 11.2. The van der Waals surface area contributed by atoms with Crippen LogP contribution in [0.5, 0.6) is 5.75 Å². The Morgan fingerprint density at radius 3 is 2.40 bits per heavy atom. The summed E-state index contributed by atoms with van der Waals surface area (Å²) in [5, 5.41) is -1.05. The molecule has 6 heteroatoms. The Kier molecular flexibility index (Phi) is 3.21. The summed E-state index contributed by atoms with van der Waals surface area (Å²) in [5.41, 5.74) is 12.0. The van der Waals surface area contributed by atoms with E-state index in [1.807, 2.05) is 0 Å². The van der Waals surface area contributed by atoms with Crippen LogP contribution in [0.15, 0.2) is 18.2 Å². The summed E-state index contributed by atoms with van der Waals surface area (Å²) in [7, 11) is -1.82. The van der Waals surface area contributed by atoms with Gasteiger partial charge >= 0.3 is 0 Å². The largest absolute Gasteiger partial charge is 0.495 e. The minimum atomic E-state index is -3.31. The van der Waals surface area contributed by atoms with E-state index in [9.17, 15) is 8.42 Å². The van der Waals surface area contributed by atoms with Gasteiger partial charge in [0.25, 0.3) is 0 Å². The highest BCUT2D eigenvalue weighted by atomic mass is 32.2. The van der Waals surface area contributed by atoms with E-state index in [1.165, 1.54) is 13.2 Å². The molecule has 0 spiro atoms. The highest BCUT2D eigenvalue weighted by Gasteiger charge is 2.18. The van der Waals surface area contributed by atoms with Crippen LogP contribution < -0.4 is 16.2 Å². The number of sulfone groups is 1. The van der Waals surface area contributed by atoms with Crippen LogP contribution in [0, 0.1) is 0 Å². The predicted molar refractivity (Wildman–Crippen MR) is 59.2 cm³/mol. The van der Waals surface area contributed by atoms with Gasteiger partial charge in [0.2, 0.25) is 0 Å². The molecule has 0 radical (unpaired) electrons. The van der Waals surface area contributed by atoms with Crippen molar-refractivity contribution in [3.63, 3.8) is 0 Å². The van der Waals surface area contributed by atoms with Crippen LogP contribution in [-0.2, 0) is 9.84 Å². The van der Waals surface area contributed by atoms with Crippen molar-refractivity contribution in [2.24, 2.45) is 5.73 Å². The number of hydrogen-bond acceptors (Lipinski definition) is 5. The Morgan fingerprint density at radius 2 is 2.00 bits per heavy atom. The Bertz CT molecular complexity index is 456. The van der Waals surface area contributed by atoms with Crippen LogP contribution in [0.25, 0.3) is 0 Å². The van der Waals surface area contributed by atoms with Gasteiger partial charge in [-0.2, -0.15) is 0 Å². The van der Waals surface area contributed by atoms with Crippen molar-refractivity contribution in [3.8, 4) is 5.75 Å². The molecule has 0 aliphatic rings. The van der Waals surface area contributed by atoms with Gasteiger partial charge in [-0.05, 0) is 17.7 Å². The second kappa shape index (κ2) is 4.08. The van der Waals surface area contributed by atoms with E-state index in [0.29, 0.717) is 17.0 Å². The number of methoxy groups -OCH3 is 1. The average Bonchev–Trinajstić information content (AvgIpc) is 2.15. The van der Waals surface area contributed by atoms with Gasteiger partial charge in [-0.3, -0.25) is 0 Å². The van der Waals surface area contributed by atoms with Crippen molar-refractivity contribution in [2.45, 2.75) is 5.37 Å². The third-order valence-corrected chi connectivity index (χ3v) is 3.24. The Balaban J connectivity index is 3.13. The second-order valence-corrected chi connectivity index (χ2v) is 5.42. The maximum atomic E-state index is 11.2. The van der Waals surface area contributed by atoms with Gasteiger partial charge in [0.1, 0.15) is 11.1 Å². The molecule has 84 valence electrons. The van der Waals surface area contributed by atoms with E-state index >= 15 is 0 Å². The molecule has 0 saturated heterocycles. The monoisotopic (exact) mass is 230 g/mol. The molecule has 0 bridgehead atoms. The average molecular weight is 230 g/mol. The van der Waals surface area contributed by atoms with E-state index in [2.05, 4.69) is 0 Å². The van der Waals surface area contributed by atoms with Crippen LogP contribution in [0.2, 0.25) is 0 Å². The number of hydrogen-bond donors (Lipinski definition) is 2. The first kappa shape index (κ1) is 11.8. The minimum absolute atomic E-state index is 0.370. The Labute approximate surface area is 88.9 Å². The molecule has 1 unspecified atom stereocenters. The van der Waals surface area contributed by atoms with E-state index in [-0.39, 0.29) is 0 Å². The van der Waals surface area contributed by atoms with Crippen molar-refractivity contribution in [3.05, 3.63) is 23.8 Å². The van der Waals surface area contributed by atoms with E-state index < -0.39 is 15.2 Å².